The molecule has 1 fully saturated rings. The van der Waals surface area contributed by atoms with Crippen LogP contribution in [0.4, 0.5) is 0 Å². The molecule has 0 spiro atoms. The van der Waals surface area contributed by atoms with Crippen molar-refractivity contribution in [3.8, 4) is 11.5 Å². The predicted octanol–water partition coefficient (Wildman–Crippen LogP) is 2.88. The third-order valence-corrected chi connectivity index (χ3v) is 6.74. The monoisotopic (exact) mass is 419 g/mol. The molecule has 1 unspecified atom stereocenters. The van der Waals surface area contributed by atoms with Crippen molar-refractivity contribution in [2.24, 2.45) is 0 Å². The molecule has 1 N–H and O–H groups in total. The van der Waals surface area contributed by atoms with Gasteiger partial charge in [0.2, 0.25) is 0 Å². The van der Waals surface area contributed by atoms with Gasteiger partial charge >= 0.3 is 0 Å². The number of ether oxygens (including phenoxy) is 2. The Kier molecular flexibility index (Phi) is 5.94. The first-order chi connectivity index (χ1) is 15.3. The summed E-state index contributed by atoms with van der Waals surface area (Å²) in [4.78, 5) is 16.5. The van der Waals surface area contributed by atoms with Crippen LogP contribution in [0, 0.1) is 0 Å². The zero-order chi connectivity index (χ0) is 21.0. The first kappa shape index (κ1) is 20.1. The number of nitrogens with zero attached hydrogens (tertiary/aromatic N) is 1. The van der Waals surface area contributed by atoms with Gasteiger partial charge in [-0.15, -0.1) is 0 Å². The molecule has 0 aliphatic carbocycles. The lowest BCUT2D eigenvalue weighted by Crippen LogP contribution is -3.11. The molecule has 2 aromatic rings. The van der Waals surface area contributed by atoms with Crippen LogP contribution in [0.15, 0.2) is 54.6 Å². The minimum Gasteiger partial charge on any atom is -0.490 e. The molecule has 2 aromatic carbocycles. The summed E-state index contributed by atoms with van der Waals surface area (Å²) in [7, 11) is 0. The number of carbonyl (C=O) groups excluding carboxylic acids is 1. The second kappa shape index (κ2) is 9.15. The molecule has 0 saturated carbocycles. The van der Waals surface area contributed by atoms with Gasteiger partial charge in [-0.05, 0) is 35.8 Å². The van der Waals surface area contributed by atoms with Gasteiger partial charge in [-0.1, -0.05) is 36.4 Å². The van der Waals surface area contributed by atoms with E-state index in [9.17, 15) is 4.79 Å². The average Bonchev–Trinajstić information content (AvgIpc) is 3.15. The Morgan fingerprint density at radius 3 is 2.68 bits per heavy atom. The molecule has 2 atom stereocenters. The molecule has 5 rings (SSSR count). The summed E-state index contributed by atoms with van der Waals surface area (Å²) in [5, 5.41) is 0. The van der Waals surface area contributed by atoms with Crippen molar-refractivity contribution in [2.45, 2.75) is 31.7 Å². The lowest BCUT2D eigenvalue weighted by molar-refractivity contribution is -0.910. The van der Waals surface area contributed by atoms with Crippen LogP contribution < -0.4 is 14.4 Å². The van der Waals surface area contributed by atoms with Gasteiger partial charge in [0.05, 0.1) is 19.8 Å². The zero-order valence-corrected chi connectivity index (χ0v) is 18.0. The van der Waals surface area contributed by atoms with Crippen molar-refractivity contribution in [3.05, 3.63) is 65.7 Å². The molecule has 3 aliphatic heterocycles. The molecule has 31 heavy (non-hydrogen) atoms. The third-order valence-electron chi connectivity index (χ3n) is 6.74. The van der Waals surface area contributed by atoms with Crippen LogP contribution in [0.2, 0.25) is 0 Å². The average molecular weight is 420 g/mol. The Bertz CT molecular complexity index is 956. The van der Waals surface area contributed by atoms with Crippen LogP contribution in [0.25, 0.3) is 5.57 Å². The first-order valence-electron chi connectivity index (χ1n) is 11.5. The second-order valence-electron chi connectivity index (χ2n) is 8.72. The SMILES string of the molecule is O=C(C[NH+]1CCC[C@@H]1c1ccc2c(c1)OCCCO2)N1CC=C(c2ccccc2)CC1. The van der Waals surface area contributed by atoms with Gasteiger partial charge in [-0.25, -0.2) is 0 Å². The highest BCUT2D eigenvalue weighted by atomic mass is 16.5. The summed E-state index contributed by atoms with van der Waals surface area (Å²) >= 11 is 0. The van der Waals surface area contributed by atoms with E-state index in [-0.39, 0.29) is 5.91 Å². The minimum atomic E-state index is 0.264. The van der Waals surface area contributed by atoms with E-state index in [0.717, 1.165) is 50.3 Å². The quantitative estimate of drug-likeness (QED) is 0.829. The summed E-state index contributed by atoms with van der Waals surface area (Å²) in [5.74, 6) is 1.95. The van der Waals surface area contributed by atoms with Gasteiger partial charge in [0, 0.05) is 37.9 Å². The fourth-order valence-corrected chi connectivity index (χ4v) is 5.04. The molecule has 3 heterocycles. The van der Waals surface area contributed by atoms with Crippen LogP contribution in [0.3, 0.4) is 0 Å². The first-order valence-corrected chi connectivity index (χ1v) is 11.5. The smallest absolute Gasteiger partial charge is 0.278 e. The Morgan fingerprint density at radius 2 is 1.87 bits per heavy atom. The van der Waals surface area contributed by atoms with E-state index < -0.39 is 0 Å². The Morgan fingerprint density at radius 1 is 1.03 bits per heavy atom. The fourth-order valence-electron chi connectivity index (χ4n) is 5.04. The summed E-state index contributed by atoms with van der Waals surface area (Å²) in [6, 6.07) is 17.2. The maximum atomic E-state index is 13.1. The molecule has 0 radical (unpaired) electrons. The number of fused-ring (bicyclic) bond motifs is 1. The van der Waals surface area contributed by atoms with E-state index in [2.05, 4.69) is 42.5 Å². The lowest BCUT2D eigenvalue weighted by atomic mass is 9.99. The number of amides is 1. The summed E-state index contributed by atoms with van der Waals surface area (Å²) in [6.07, 6.45) is 6.32. The molecule has 5 nitrogen and oxygen atoms in total. The van der Waals surface area contributed by atoms with E-state index in [0.29, 0.717) is 32.3 Å². The number of carbonyl (C=O) groups is 1. The predicted molar refractivity (Wildman–Crippen MR) is 120 cm³/mol. The number of nitrogens with one attached hydrogen (secondary N) is 1. The third kappa shape index (κ3) is 4.47. The summed E-state index contributed by atoms with van der Waals surface area (Å²) in [6.45, 7) is 4.53. The van der Waals surface area contributed by atoms with E-state index >= 15 is 0 Å². The van der Waals surface area contributed by atoms with Gasteiger partial charge in [0.1, 0.15) is 6.04 Å². The number of rotatable bonds is 4. The van der Waals surface area contributed by atoms with Gasteiger partial charge in [0.15, 0.2) is 18.0 Å². The van der Waals surface area contributed by atoms with Gasteiger partial charge in [-0.2, -0.15) is 0 Å². The number of hydrogen-bond acceptors (Lipinski definition) is 3. The summed E-state index contributed by atoms with van der Waals surface area (Å²) < 4.78 is 11.7. The number of benzene rings is 2. The Labute approximate surface area is 184 Å². The highest BCUT2D eigenvalue weighted by Gasteiger charge is 2.34. The maximum absolute atomic E-state index is 13.1. The highest BCUT2D eigenvalue weighted by molar-refractivity contribution is 5.79. The van der Waals surface area contributed by atoms with Gasteiger partial charge < -0.3 is 19.3 Å². The fraction of sp³-hybridized carbons (Fsp3) is 0.423. The van der Waals surface area contributed by atoms with E-state index in [4.69, 9.17) is 9.47 Å². The van der Waals surface area contributed by atoms with Crippen molar-refractivity contribution >= 4 is 11.5 Å². The van der Waals surface area contributed by atoms with Crippen LogP contribution in [0.1, 0.15) is 42.9 Å². The molecular formula is C26H31N2O3+. The van der Waals surface area contributed by atoms with Gasteiger partial charge in [0.25, 0.3) is 5.91 Å². The van der Waals surface area contributed by atoms with Crippen molar-refractivity contribution in [1.82, 2.24) is 4.90 Å². The second-order valence-corrected chi connectivity index (χ2v) is 8.72. The molecule has 1 saturated heterocycles. The highest BCUT2D eigenvalue weighted by Crippen LogP contribution is 2.33. The van der Waals surface area contributed by atoms with Crippen molar-refractivity contribution < 1.29 is 19.2 Å². The Balaban J connectivity index is 1.23. The van der Waals surface area contributed by atoms with E-state index in [1.807, 2.05) is 17.0 Å². The van der Waals surface area contributed by atoms with Crippen LogP contribution in [0.5, 0.6) is 11.5 Å². The molecular weight excluding hydrogens is 388 g/mol. The van der Waals surface area contributed by atoms with E-state index in [1.165, 1.54) is 21.6 Å². The van der Waals surface area contributed by atoms with Crippen LogP contribution in [-0.4, -0.2) is 50.2 Å². The van der Waals surface area contributed by atoms with Crippen molar-refractivity contribution in [1.29, 1.82) is 0 Å². The van der Waals surface area contributed by atoms with E-state index in [1.54, 1.807) is 0 Å². The Hall–Kier alpha value is -2.79. The molecule has 1 amide bonds. The lowest BCUT2D eigenvalue weighted by Gasteiger charge is -2.29. The number of likely N-dealkylation sites (tertiary alicyclic amines) is 1. The number of quaternary nitrogens is 1. The van der Waals surface area contributed by atoms with Gasteiger partial charge in [-0.3, -0.25) is 4.79 Å². The molecule has 0 aromatic heterocycles. The van der Waals surface area contributed by atoms with Crippen molar-refractivity contribution in [3.63, 3.8) is 0 Å². The topological polar surface area (TPSA) is 43.2 Å². The van der Waals surface area contributed by atoms with Crippen LogP contribution in [-0.2, 0) is 4.79 Å². The summed E-state index contributed by atoms with van der Waals surface area (Å²) in [5.41, 5.74) is 3.88. The molecule has 162 valence electrons. The molecule has 5 heteroatoms. The molecule has 3 aliphatic rings. The standard InChI is InChI=1S/C26H30N2O3/c29-26(27-14-11-21(12-15-27)20-6-2-1-3-7-20)19-28-13-4-8-23(28)22-9-10-24-25(18-22)31-17-5-16-30-24/h1-3,6-7,9-11,18,23H,4-5,8,12-17,19H2/p+1/t23-/m1/s1. The zero-order valence-electron chi connectivity index (χ0n) is 18.0. The maximum Gasteiger partial charge on any atom is 0.278 e. The molecule has 0 bridgehead atoms. The van der Waals surface area contributed by atoms with Crippen LogP contribution >= 0.6 is 0 Å². The van der Waals surface area contributed by atoms with Crippen molar-refractivity contribution in [2.75, 3.05) is 39.4 Å². The largest absolute Gasteiger partial charge is 0.490 e. The minimum absolute atomic E-state index is 0.264. The normalized spacial score (nSPS) is 23.2. The number of hydrogen-bond donors (Lipinski definition) is 1.